The van der Waals surface area contributed by atoms with Crippen molar-refractivity contribution in [2.24, 2.45) is 11.8 Å². The molecule has 0 aliphatic heterocycles. The first-order chi connectivity index (χ1) is 22.6. The molecule has 0 saturated carbocycles. The van der Waals surface area contributed by atoms with Gasteiger partial charge in [-0.15, -0.1) is 0 Å². The minimum Gasteiger partial charge on any atom is -0.272 e. The Morgan fingerprint density at radius 2 is 1.45 bits per heavy atom. The average Bonchev–Trinajstić information content (AvgIpc) is 3.49. The first kappa shape index (κ1) is 32.6. The van der Waals surface area contributed by atoms with Gasteiger partial charge in [0.05, 0.1) is 28.2 Å². The van der Waals surface area contributed by atoms with Crippen LogP contribution in [0.4, 0.5) is 0 Å². The van der Waals surface area contributed by atoms with E-state index in [1.54, 1.807) is 28.9 Å². The van der Waals surface area contributed by atoms with Crippen molar-refractivity contribution < 1.29 is 13.2 Å². The second kappa shape index (κ2) is 13.8. The summed E-state index contributed by atoms with van der Waals surface area (Å²) in [4.78, 5) is 15.4. The minimum atomic E-state index is -4.00. The maximum Gasteiger partial charge on any atom is 0.252 e. The summed E-state index contributed by atoms with van der Waals surface area (Å²) in [6, 6.07) is 35.2. The van der Waals surface area contributed by atoms with Crippen LogP contribution in [0.5, 0.6) is 0 Å². The van der Waals surface area contributed by atoms with Gasteiger partial charge in [0.1, 0.15) is 0 Å². The summed E-state index contributed by atoms with van der Waals surface area (Å²) in [6.07, 6.45) is 2.35. The van der Waals surface area contributed by atoms with E-state index in [4.69, 9.17) is 5.10 Å². The van der Waals surface area contributed by atoms with Crippen LogP contribution in [0.25, 0.3) is 11.3 Å². The lowest BCUT2D eigenvalue weighted by Crippen LogP contribution is -2.40. The molecule has 0 radical (unpaired) electrons. The molecule has 0 saturated heterocycles. The van der Waals surface area contributed by atoms with Gasteiger partial charge in [0.2, 0.25) is 10.0 Å². The van der Waals surface area contributed by atoms with Gasteiger partial charge in [-0.25, -0.2) is 13.1 Å². The zero-order valence-corrected chi connectivity index (χ0v) is 28.3. The van der Waals surface area contributed by atoms with Crippen LogP contribution in [0.1, 0.15) is 84.2 Å². The highest BCUT2D eigenvalue weighted by Gasteiger charge is 2.40. The predicted octanol–water partition coefficient (Wildman–Crippen LogP) is 8.71. The quantitative estimate of drug-likeness (QED) is 0.165. The third-order valence-electron chi connectivity index (χ3n) is 9.56. The number of benzene rings is 4. The van der Waals surface area contributed by atoms with E-state index in [1.807, 2.05) is 97.9 Å². The van der Waals surface area contributed by atoms with E-state index in [-0.39, 0.29) is 22.6 Å². The summed E-state index contributed by atoms with van der Waals surface area (Å²) in [7, 11) is -4.00. The van der Waals surface area contributed by atoms with Gasteiger partial charge in [-0.3, -0.25) is 4.79 Å². The fraction of sp³-hybridized carbons (Fsp3) is 0.300. The number of carbonyl (C=O) groups excluding carboxylic acids is 1. The van der Waals surface area contributed by atoms with E-state index >= 15 is 4.79 Å². The predicted molar refractivity (Wildman–Crippen MR) is 188 cm³/mol. The lowest BCUT2D eigenvalue weighted by Gasteiger charge is -2.29. The number of nitrogens with one attached hydrogen (secondary N) is 1. The molecule has 47 heavy (non-hydrogen) atoms. The van der Waals surface area contributed by atoms with Crippen LogP contribution in [0, 0.1) is 18.8 Å². The van der Waals surface area contributed by atoms with Gasteiger partial charge in [-0.1, -0.05) is 129 Å². The van der Waals surface area contributed by atoms with Crippen molar-refractivity contribution in [3.63, 3.8) is 0 Å². The van der Waals surface area contributed by atoms with Crippen molar-refractivity contribution in [3.05, 3.63) is 143 Å². The molecule has 0 fully saturated rings. The molecule has 0 amide bonds. The van der Waals surface area contributed by atoms with Gasteiger partial charge in [0.15, 0.2) is 0 Å². The van der Waals surface area contributed by atoms with Crippen molar-refractivity contribution in [2.75, 3.05) is 0 Å². The third-order valence-corrected chi connectivity index (χ3v) is 11.0. The second-order valence-corrected chi connectivity index (χ2v) is 14.9. The monoisotopic (exact) mass is 645 g/mol. The van der Waals surface area contributed by atoms with Gasteiger partial charge in [-0.2, -0.15) is 9.78 Å². The first-order valence-corrected chi connectivity index (χ1v) is 18.0. The van der Waals surface area contributed by atoms with Crippen LogP contribution in [-0.4, -0.2) is 24.1 Å². The molecule has 0 spiro atoms. The molecule has 7 heteroatoms. The van der Waals surface area contributed by atoms with Crippen molar-refractivity contribution >= 4 is 15.9 Å². The highest BCUT2D eigenvalue weighted by Crippen LogP contribution is 2.46. The fourth-order valence-electron chi connectivity index (χ4n) is 6.97. The fourth-order valence-corrected chi connectivity index (χ4v) is 8.23. The molecule has 6 rings (SSSR count). The molecule has 4 atom stereocenters. The molecule has 5 aromatic rings. The summed E-state index contributed by atoms with van der Waals surface area (Å²) >= 11 is 0. The number of carbonyl (C=O) groups is 1. The van der Waals surface area contributed by atoms with Crippen molar-refractivity contribution in [1.29, 1.82) is 0 Å². The molecule has 6 nitrogen and oxygen atoms in total. The van der Waals surface area contributed by atoms with E-state index in [2.05, 4.69) is 25.5 Å². The Hall–Kier alpha value is -4.33. The summed E-state index contributed by atoms with van der Waals surface area (Å²) in [5.41, 5.74) is 6.48. The van der Waals surface area contributed by atoms with E-state index in [0.29, 0.717) is 17.9 Å². The van der Waals surface area contributed by atoms with Crippen molar-refractivity contribution in [1.82, 2.24) is 14.5 Å². The Bertz CT molecular complexity index is 1920. The number of nitrogens with zero attached hydrogens (tertiary/aromatic N) is 2. The topological polar surface area (TPSA) is 81.1 Å². The standard InChI is InChI=1S/C40H43N3O3S/c1-27(2)34-25-22-29(4)36-38(34)41-43(39(36)32-18-12-7-13-19-32)40(44)35(26-30-14-8-5-9-15-30)37(31-16-10-6-11-17-31)42-47(45,46)33-23-20-28(3)21-24-33/h5-21,23-24,27,29,34-35,37,42H,22,25-26H2,1-4H3/t29-,34-,35+,37+/m0/s1. The van der Waals surface area contributed by atoms with E-state index in [1.165, 1.54) is 0 Å². The van der Waals surface area contributed by atoms with Gasteiger partial charge in [0.25, 0.3) is 5.91 Å². The lowest BCUT2D eigenvalue weighted by molar-refractivity contribution is 0.0791. The molecule has 1 aliphatic rings. The normalized spacial score (nSPS) is 17.6. The largest absolute Gasteiger partial charge is 0.272 e. The third kappa shape index (κ3) is 6.87. The highest BCUT2D eigenvalue weighted by molar-refractivity contribution is 7.89. The van der Waals surface area contributed by atoms with Crippen LogP contribution in [-0.2, 0) is 16.4 Å². The van der Waals surface area contributed by atoms with Crippen molar-refractivity contribution in [3.8, 4) is 11.3 Å². The van der Waals surface area contributed by atoms with Crippen LogP contribution in [0.2, 0.25) is 0 Å². The number of fused-ring (bicyclic) bond motifs is 1. The SMILES string of the molecule is Cc1ccc(S(=O)(=O)N[C@H](c2ccccc2)[C@@H](Cc2ccccc2)C(=O)n2nc3c(c2-c2ccccc2)[C@@H](C)CC[C@H]3C(C)C)cc1. The van der Waals surface area contributed by atoms with Crippen LogP contribution in [0.15, 0.2) is 120 Å². The van der Waals surface area contributed by atoms with E-state index in [9.17, 15) is 8.42 Å². The number of hydrogen-bond donors (Lipinski definition) is 1. The summed E-state index contributed by atoms with van der Waals surface area (Å²) in [6.45, 7) is 8.58. The Balaban J connectivity index is 1.55. The molecule has 1 N–H and O–H groups in total. The molecular weight excluding hydrogens is 603 g/mol. The smallest absolute Gasteiger partial charge is 0.252 e. The molecule has 242 valence electrons. The van der Waals surface area contributed by atoms with Gasteiger partial charge in [0, 0.05) is 17.0 Å². The van der Waals surface area contributed by atoms with E-state index < -0.39 is 22.0 Å². The first-order valence-electron chi connectivity index (χ1n) is 16.5. The van der Waals surface area contributed by atoms with Crippen LogP contribution >= 0.6 is 0 Å². The summed E-state index contributed by atoms with van der Waals surface area (Å²) < 4.78 is 32.6. The van der Waals surface area contributed by atoms with Crippen LogP contribution < -0.4 is 4.72 Å². The zero-order valence-electron chi connectivity index (χ0n) is 27.5. The van der Waals surface area contributed by atoms with Gasteiger partial charge < -0.3 is 0 Å². The number of sulfonamides is 1. The summed E-state index contributed by atoms with van der Waals surface area (Å²) in [5.74, 6) is -0.222. The molecule has 1 aromatic heterocycles. The highest BCUT2D eigenvalue weighted by atomic mass is 32.2. The molecule has 1 aliphatic carbocycles. The molecule has 1 heterocycles. The lowest BCUT2D eigenvalue weighted by atomic mass is 9.75. The molecule has 0 bridgehead atoms. The number of aryl methyl sites for hydroxylation is 1. The maximum atomic E-state index is 15.3. The zero-order chi connectivity index (χ0) is 33.1. The Kier molecular flexibility index (Phi) is 9.57. The van der Waals surface area contributed by atoms with E-state index in [0.717, 1.165) is 46.5 Å². The van der Waals surface area contributed by atoms with Crippen molar-refractivity contribution in [2.45, 2.75) is 69.7 Å². The number of aromatic nitrogens is 2. The van der Waals surface area contributed by atoms with Gasteiger partial charge >= 0.3 is 0 Å². The Labute approximate surface area is 278 Å². The Morgan fingerprint density at radius 1 is 0.851 bits per heavy atom. The van der Waals surface area contributed by atoms with Crippen LogP contribution in [0.3, 0.4) is 0 Å². The molecule has 0 unspecified atom stereocenters. The Morgan fingerprint density at radius 3 is 2.06 bits per heavy atom. The minimum absolute atomic E-state index is 0.156. The number of rotatable bonds is 10. The second-order valence-electron chi connectivity index (χ2n) is 13.2. The maximum absolute atomic E-state index is 15.3. The number of hydrogen-bond acceptors (Lipinski definition) is 4. The average molecular weight is 646 g/mol. The summed E-state index contributed by atoms with van der Waals surface area (Å²) in [5, 5.41) is 5.17. The molecular formula is C40H43N3O3S. The van der Waals surface area contributed by atoms with Gasteiger partial charge in [-0.05, 0) is 61.3 Å². The molecule has 4 aromatic carbocycles.